The van der Waals surface area contributed by atoms with E-state index in [9.17, 15) is 13.4 Å². The molecule has 4 nitrogen and oxygen atoms in total. The predicted molar refractivity (Wildman–Crippen MR) is 136 cm³/mol. The van der Waals surface area contributed by atoms with E-state index in [4.69, 9.17) is 0 Å². The van der Waals surface area contributed by atoms with Crippen LogP contribution in [0.1, 0.15) is 37.5 Å². The number of fused-ring (bicyclic) bond motifs is 1. The van der Waals surface area contributed by atoms with Gasteiger partial charge in [0, 0.05) is 41.6 Å². The summed E-state index contributed by atoms with van der Waals surface area (Å²) in [6.45, 7) is 7.99. The zero-order valence-corrected chi connectivity index (χ0v) is 21.1. The average Bonchev–Trinajstić information content (AvgIpc) is 3.04. The second-order valence-electron chi connectivity index (χ2n) is 8.75. The van der Waals surface area contributed by atoms with E-state index in [0.29, 0.717) is 13.1 Å². The highest BCUT2D eigenvalue weighted by molar-refractivity contribution is 7.84. The number of benzene rings is 2. The van der Waals surface area contributed by atoms with Crippen LogP contribution in [0.15, 0.2) is 52.9 Å². The van der Waals surface area contributed by atoms with Crippen LogP contribution in [0.5, 0.6) is 0 Å². The lowest BCUT2D eigenvalue weighted by atomic mass is 9.92. The van der Waals surface area contributed by atoms with Crippen molar-refractivity contribution in [2.75, 3.05) is 40.0 Å². The van der Waals surface area contributed by atoms with Crippen molar-refractivity contribution in [2.45, 2.75) is 25.7 Å². The third-order valence-corrected chi connectivity index (χ3v) is 7.14. The molecule has 0 saturated carbocycles. The van der Waals surface area contributed by atoms with E-state index in [0.717, 1.165) is 44.8 Å². The maximum atomic E-state index is 14.3. The van der Waals surface area contributed by atoms with Gasteiger partial charge in [-0.05, 0) is 98.6 Å². The summed E-state index contributed by atoms with van der Waals surface area (Å²) >= 11 is 0. The van der Waals surface area contributed by atoms with Gasteiger partial charge in [-0.1, -0.05) is 18.2 Å². The first kappa shape index (κ1) is 25.1. The highest BCUT2D eigenvalue weighted by atomic mass is 32.2. The molecule has 0 fully saturated rings. The monoisotopic (exact) mass is 468 g/mol. The van der Waals surface area contributed by atoms with Gasteiger partial charge >= 0.3 is 0 Å². The SMILES string of the molecule is CCN(CCN(C)C)C(=O)C(C)C1=C(C)/C(=C/c2ccc(S(C)=O)cc2)c2ccc(F)cc21. The molecule has 2 unspecified atom stereocenters. The number of hydrogen-bond acceptors (Lipinski definition) is 3. The fourth-order valence-electron chi connectivity index (χ4n) is 4.33. The van der Waals surface area contributed by atoms with Crippen molar-refractivity contribution in [1.29, 1.82) is 0 Å². The Morgan fingerprint density at radius 1 is 1.09 bits per heavy atom. The fraction of sp³-hybridized carbons (Fsp3) is 0.370. The molecule has 0 saturated heterocycles. The summed E-state index contributed by atoms with van der Waals surface area (Å²) in [4.78, 5) is 18.1. The number of amides is 1. The zero-order chi connectivity index (χ0) is 24.3. The lowest BCUT2D eigenvalue weighted by Crippen LogP contribution is -2.39. The Balaban J connectivity index is 2.03. The quantitative estimate of drug-likeness (QED) is 0.551. The van der Waals surface area contributed by atoms with Crippen LogP contribution >= 0.6 is 0 Å². The lowest BCUT2D eigenvalue weighted by molar-refractivity contribution is -0.133. The largest absolute Gasteiger partial charge is 0.341 e. The van der Waals surface area contributed by atoms with Gasteiger partial charge in [-0.3, -0.25) is 9.00 Å². The number of allylic oxidation sites excluding steroid dienone is 2. The van der Waals surface area contributed by atoms with Gasteiger partial charge in [0.05, 0.1) is 5.92 Å². The minimum Gasteiger partial charge on any atom is -0.341 e. The molecular formula is C27H33FN2O2S. The van der Waals surface area contributed by atoms with Gasteiger partial charge in [0.15, 0.2) is 0 Å². The molecular weight excluding hydrogens is 435 g/mol. The van der Waals surface area contributed by atoms with Crippen molar-refractivity contribution in [3.05, 3.63) is 70.5 Å². The Morgan fingerprint density at radius 2 is 1.76 bits per heavy atom. The smallest absolute Gasteiger partial charge is 0.229 e. The third kappa shape index (κ3) is 5.50. The average molecular weight is 469 g/mol. The van der Waals surface area contributed by atoms with E-state index in [1.54, 1.807) is 12.3 Å². The van der Waals surface area contributed by atoms with E-state index < -0.39 is 10.8 Å². The summed E-state index contributed by atoms with van der Waals surface area (Å²) in [5.41, 5.74) is 5.55. The number of hydrogen-bond donors (Lipinski definition) is 0. The molecule has 0 aromatic heterocycles. The number of carbonyl (C=O) groups excluding carboxylic acids is 1. The number of halogens is 1. The first-order chi connectivity index (χ1) is 15.6. The Morgan fingerprint density at radius 3 is 2.33 bits per heavy atom. The highest BCUT2D eigenvalue weighted by Gasteiger charge is 2.32. The summed E-state index contributed by atoms with van der Waals surface area (Å²) in [7, 11) is 2.95. The minimum absolute atomic E-state index is 0.0555. The highest BCUT2D eigenvalue weighted by Crippen LogP contribution is 2.46. The first-order valence-electron chi connectivity index (χ1n) is 11.2. The zero-order valence-electron chi connectivity index (χ0n) is 20.3. The molecule has 176 valence electrons. The van der Waals surface area contributed by atoms with Crippen molar-refractivity contribution in [1.82, 2.24) is 9.80 Å². The molecule has 0 bridgehead atoms. The standard InChI is InChI=1S/C27H33FN2O2S/c1-7-30(15-14-29(4)5)27(31)19(3)26-18(2)24(23-13-10-21(28)17-25(23)26)16-20-8-11-22(12-9-20)33(6)32/h8-13,16-17,19H,7,14-15H2,1-6H3/b24-16-. The second-order valence-corrected chi connectivity index (χ2v) is 10.1. The molecule has 0 radical (unpaired) electrons. The molecule has 0 spiro atoms. The van der Waals surface area contributed by atoms with Gasteiger partial charge < -0.3 is 9.80 Å². The Kier molecular flexibility index (Phi) is 8.03. The first-order valence-corrected chi connectivity index (χ1v) is 12.8. The lowest BCUT2D eigenvalue weighted by Gasteiger charge is -2.27. The molecule has 6 heteroatoms. The van der Waals surface area contributed by atoms with Crippen LogP contribution in [-0.4, -0.2) is 59.9 Å². The van der Waals surface area contributed by atoms with Gasteiger partial charge in [-0.2, -0.15) is 0 Å². The van der Waals surface area contributed by atoms with Crippen molar-refractivity contribution in [2.24, 2.45) is 5.92 Å². The van der Waals surface area contributed by atoms with Gasteiger partial charge in [-0.15, -0.1) is 0 Å². The summed E-state index contributed by atoms with van der Waals surface area (Å²) in [5, 5.41) is 0. The Hall–Kier alpha value is -2.57. The molecule has 0 N–H and O–H groups in total. The number of carbonyl (C=O) groups is 1. The van der Waals surface area contributed by atoms with Crippen LogP contribution < -0.4 is 0 Å². The number of nitrogens with zero attached hydrogens (tertiary/aromatic N) is 2. The summed E-state index contributed by atoms with van der Waals surface area (Å²) in [6.07, 6.45) is 3.72. The molecule has 33 heavy (non-hydrogen) atoms. The summed E-state index contributed by atoms with van der Waals surface area (Å²) in [6, 6.07) is 12.4. The van der Waals surface area contributed by atoms with Crippen molar-refractivity contribution >= 4 is 33.9 Å². The third-order valence-electron chi connectivity index (χ3n) is 6.21. The van der Waals surface area contributed by atoms with E-state index in [1.165, 1.54) is 12.1 Å². The fourth-order valence-corrected chi connectivity index (χ4v) is 4.85. The maximum absolute atomic E-state index is 14.3. The van der Waals surface area contributed by atoms with Crippen LogP contribution in [0.3, 0.4) is 0 Å². The summed E-state index contributed by atoms with van der Waals surface area (Å²) < 4.78 is 26.0. The summed E-state index contributed by atoms with van der Waals surface area (Å²) in [5.74, 6) is -0.641. The Labute approximate surface area is 199 Å². The van der Waals surface area contributed by atoms with Crippen LogP contribution in [0.4, 0.5) is 4.39 Å². The molecule has 0 aliphatic heterocycles. The normalized spacial score (nSPS) is 16.3. The van der Waals surface area contributed by atoms with Crippen LogP contribution in [0.25, 0.3) is 17.2 Å². The second kappa shape index (κ2) is 10.6. The van der Waals surface area contributed by atoms with Crippen molar-refractivity contribution < 1.29 is 13.4 Å². The Bertz CT molecular complexity index is 1120. The van der Waals surface area contributed by atoms with E-state index in [-0.39, 0.29) is 17.6 Å². The van der Waals surface area contributed by atoms with E-state index in [1.807, 2.05) is 64.0 Å². The molecule has 2 aromatic rings. The molecule has 1 amide bonds. The molecule has 2 atom stereocenters. The van der Waals surface area contributed by atoms with Gasteiger partial charge in [-0.25, -0.2) is 4.39 Å². The van der Waals surface area contributed by atoms with Gasteiger partial charge in [0.1, 0.15) is 5.82 Å². The van der Waals surface area contributed by atoms with Gasteiger partial charge in [0.25, 0.3) is 0 Å². The van der Waals surface area contributed by atoms with E-state index in [2.05, 4.69) is 11.0 Å². The molecule has 1 aliphatic rings. The predicted octanol–water partition coefficient (Wildman–Crippen LogP) is 4.94. The number of likely N-dealkylation sites (N-methyl/N-ethyl adjacent to an activating group) is 2. The minimum atomic E-state index is -1.03. The molecule has 3 rings (SSSR count). The maximum Gasteiger partial charge on any atom is 0.229 e. The van der Waals surface area contributed by atoms with Gasteiger partial charge in [0.2, 0.25) is 5.91 Å². The van der Waals surface area contributed by atoms with E-state index >= 15 is 0 Å². The molecule has 1 aliphatic carbocycles. The molecule has 2 aromatic carbocycles. The van der Waals surface area contributed by atoms with Crippen LogP contribution in [0, 0.1) is 11.7 Å². The van der Waals surface area contributed by atoms with Crippen molar-refractivity contribution in [3.63, 3.8) is 0 Å². The topological polar surface area (TPSA) is 40.6 Å². The van der Waals surface area contributed by atoms with Crippen molar-refractivity contribution in [3.8, 4) is 0 Å². The molecule has 0 heterocycles. The van der Waals surface area contributed by atoms with Crippen LogP contribution in [-0.2, 0) is 15.6 Å². The number of rotatable bonds is 8. The van der Waals surface area contributed by atoms with Crippen LogP contribution in [0.2, 0.25) is 0 Å².